The summed E-state index contributed by atoms with van der Waals surface area (Å²) in [5.41, 5.74) is 4.12. The molecule has 0 saturated heterocycles. The highest BCUT2D eigenvalue weighted by Gasteiger charge is 2.23. The van der Waals surface area contributed by atoms with Crippen LogP contribution >= 0.6 is 11.3 Å². The van der Waals surface area contributed by atoms with Gasteiger partial charge >= 0.3 is 5.97 Å². The molecule has 25 heavy (non-hydrogen) atoms. The van der Waals surface area contributed by atoms with Gasteiger partial charge in [0.05, 0.1) is 0 Å². The quantitative estimate of drug-likeness (QED) is 0.824. The molecule has 2 aromatic rings. The van der Waals surface area contributed by atoms with Gasteiger partial charge in [-0.2, -0.15) is 0 Å². The van der Waals surface area contributed by atoms with Crippen molar-refractivity contribution in [2.24, 2.45) is 0 Å². The molecule has 0 aliphatic heterocycles. The first-order chi connectivity index (χ1) is 11.9. The lowest BCUT2D eigenvalue weighted by Crippen LogP contribution is -2.30. The molecule has 1 heterocycles. The number of esters is 1. The smallest absolute Gasteiger partial charge is 0.349 e. The van der Waals surface area contributed by atoms with E-state index < -0.39 is 12.1 Å². The van der Waals surface area contributed by atoms with Crippen LogP contribution in [0.15, 0.2) is 24.3 Å². The Morgan fingerprint density at radius 3 is 2.64 bits per heavy atom. The van der Waals surface area contributed by atoms with E-state index in [0.717, 1.165) is 29.7 Å². The molecule has 1 aromatic heterocycles. The first-order valence-corrected chi connectivity index (χ1v) is 9.46. The molecule has 1 atom stereocenters. The standard InChI is InChI=1S/C20H23NO3S/c1-12-8-9-16(13(2)10-12)21-19(22)14(3)24-20(23)18-11-15-6-4-5-7-17(15)25-18/h8-11,14H,4-7H2,1-3H3,(H,21,22). The van der Waals surface area contributed by atoms with Crippen LogP contribution in [0.4, 0.5) is 5.69 Å². The normalized spacial score (nSPS) is 14.5. The van der Waals surface area contributed by atoms with E-state index in [9.17, 15) is 9.59 Å². The largest absolute Gasteiger partial charge is 0.448 e. The Bertz CT molecular complexity index is 786. The van der Waals surface area contributed by atoms with Gasteiger partial charge in [0.25, 0.3) is 5.91 Å². The molecule has 5 heteroatoms. The molecule has 3 rings (SSSR count). The number of anilines is 1. The van der Waals surface area contributed by atoms with Crippen molar-refractivity contribution >= 4 is 28.9 Å². The summed E-state index contributed by atoms with van der Waals surface area (Å²) in [6.07, 6.45) is 3.58. The van der Waals surface area contributed by atoms with Crippen LogP contribution in [-0.2, 0) is 22.4 Å². The molecule has 0 spiro atoms. The number of thiophene rings is 1. The fourth-order valence-electron chi connectivity index (χ4n) is 3.05. The van der Waals surface area contributed by atoms with Crippen LogP contribution < -0.4 is 5.32 Å². The number of hydrogen-bond acceptors (Lipinski definition) is 4. The molecular weight excluding hydrogens is 334 g/mol. The Balaban J connectivity index is 1.62. The minimum absolute atomic E-state index is 0.318. The zero-order valence-electron chi connectivity index (χ0n) is 14.8. The number of hydrogen-bond donors (Lipinski definition) is 1. The number of nitrogens with one attached hydrogen (secondary N) is 1. The molecule has 1 amide bonds. The molecule has 1 unspecified atom stereocenters. The first kappa shape index (κ1) is 17.7. The number of rotatable bonds is 4. The molecule has 1 aliphatic carbocycles. The van der Waals surface area contributed by atoms with Crippen molar-refractivity contribution in [3.8, 4) is 0 Å². The number of amides is 1. The third kappa shape index (κ3) is 4.10. The molecule has 0 bridgehead atoms. The van der Waals surface area contributed by atoms with Crippen molar-refractivity contribution in [2.75, 3.05) is 5.32 Å². The molecule has 0 saturated carbocycles. The van der Waals surface area contributed by atoms with E-state index in [1.54, 1.807) is 6.92 Å². The van der Waals surface area contributed by atoms with Crippen LogP contribution in [0.2, 0.25) is 0 Å². The Morgan fingerprint density at radius 1 is 1.16 bits per heavy atom. The maximum atomic E-state index is 12.3. The number of benzene rings is 1. The highest BCUT2D eigenvalue weighted by molar-refractivity contribution is 7.14. The van der Waals surface area contributed by atoms with E-state index in [-0.39, 0.29) is 5.91 Å². The highest BCUT2D eigenvalue weighted by Crippen LogP contribution is 2.30. The lowest BCUT2D eigenvalue weighted by Gasteiger charge is -2.14. The summed E-state index contributed by atoms with van der Waals surface area (Å²) in [6, 6.07) is 7.73. The SMILES string of the molecule is Cc1ccc(NC(=O)C(C)OC(=O)c2cc3c(s2)CCCC3)c(C)c1. The van der Waals surface area contributed by atoms with Crippen molar-refractivity contribution in [3.63, 3.8) is 0 Å². The zero-order valence-corrected chi connectivity index (χ0v) is 15.7. The van der Waals surface area contributed by atoms with E-state index in [4.69, 9.17) is 4.74 Å². The van der Waals surface area contributed by atoms with E-state index in [2.05, 4.69) is 5.32 Å². The van der Waals surface area contributed by atoms with Gasteiger partial charge in [-0.3, -0.25) is 4.79 Å². The molecule has 1 aromatic carbocycles. The lowest BCUT2D eigenvalue weighted by atomic mass is 9.99. The van der Waals surface area contributed by atoms with Gasteiger partial charge in [-0.1, -0.05) is 17.7 Å². The third-order valence-electron chi connectivity index (χ3n) is 4.49. The number of aryl methyl sites for hydroxylation is 4. The van der Waals surface area contributed by atoms with Crippen LogP contribution in [0.25, 0.3) is 0 Å². The Kier molecular flexibility index (Phi) is 5.23. The van der Waals surface area contributed by atoms with Crippen LogP contribution in [0.3, 0.4) is 0 Å². The summed E-state index contributed by atoms with van der Waals surface area (Å²) >= 11 is 1.50. The second-order valence-electron chi connectivity index (χ2n) is 6.62. The Labute approximate surface area is 152 Å². The fourth-order valence-corrected chi connectivity index (χ4v) is 4.19. The van der Waals surface area contributed by atoms with Gasteiger partial charge in [0.2, 0.25) is 0 Å². The van der Waals surface area contributed by atoms with E-state index in [1.807, 2.05) is 38.1 Å². The van der Waals surface area contributed by atoms with Crippen LogP contribution in [-0.4, -0.2) is 18.0 Å². The summed E-state index contributed by atoms with van der Waals surface area (Å²) in [4.78, 5) is 26.6. The Hall–Kier alpha value is -2.14. The van der Waals surface area contributed by atoms with Gasteiger partial charge in [0, 0.05) is 10.6 Å². The van der Waals surface area contributed by atoms with Crippen LogP contribution in [0.5, 0.6) is 0 Å². The predicted octanol–water partition coefficient (Wildman–Crippen LogP) is 4.43. The van der Waals surface area contributed by atoms with E-state index >= 15 is 0 Å². The van der Waals surface area contributed by atoms with Crippen molar-refractivity contribution in [1.29, 1.82) is 0 Å². The van der Waals surface area contributed by atoms with Crippen molar-refractivity contribution in [2.45, 2.75) is 52.6 Å². The minimum atomic E-state index is -0.840. The van der Waals surface area contributed by atoms with Crippen molar-refractivity contribution < 1.29 is 14.3 Å². The molecule has 0 fully saturated rings. The average molecular weight is 357 g/mol. The fraction of sp³-hybridized carbons (Fsp3) is 0.400. The number of carbonyl (C=O) groups is 2. The highest BCUT2D eigenvalue weighted by atomic mass is 32.1. The topological polar surface area (TPSA) is 55.4 Å². The van der Waals surface area contributed by atoms with Crippen LogP contribution in [0.1, 0.15) is 51.0 Å². The monoisotopic (exact) mass is 357 g/mol. The van der Waals surface area contributed by atoms with Gasteiger partial charge in [-0.25, -0.2) is 4.79 Å². The zero-order chi connectivity index (χ0) is 18.0. The second kappa shape index (κ2) is 7.40. The maximum Gasteiger partial charge on any atom is 0.349 e. The van der Waals surface area contributed by atoms with Gasteiger partial charge in [-0.05, 0) is 69.7 Å². The summed E-state index contributed by atoms with van der Waals surface area (Å²) in [5, 5.41) is 2.83. The summed E-state index contributed by atoms with van der Waals surface area (Å²) in [7, 11) is 0. The van der Waals surface area contributed by atoms with Gasteiger partial charge in [0.1, 0.15) is 4.88 Å². The summed E-state index contributed by atoms with van der Waals surface area (Å²) in [6.45, 7) is 5.54. The van der Waals surface area contributed by atoms with E-state index in [0.29, 0.717) is 4.88 Å². The van der Waals surface area contributed by atoms with Gasteiger partial charge in [-0.15, -0.1) is 11.3 Å². The van der Waals surface area contributed by atoms with Crippen molar-refractivity contribution in [1.82, 2.24) is 0 Å². The van der Waals surface area contributed by atoms with Crippen molar-refractivity contribution in [3.05, 3.63) is 50.7 Å². The summed E-state index contributed by atoms with van der Waals surface area (Å²) < 4.78 is 5.37. The molecule has 4 nitrogen and oxygen atoms in total. The molecule has 1 N–H and O–H groups in total. The second-order valence-corrected chi connectivity index (χ2v) is 7.76. The van der Waals surface area contributed by atoms with Gasteiger partial charge < -0.3 is 10.1 Å². The predicted molar refractivity (Wildman–Crippen MR) is 100 cm³/mol. The number of ether oxygens (including phenoxy) is 1. The molecule has 0 radical (unpaired) electrons. The molecular formula is C20H23NO3S. The third-order valence-corrected chi connectivity index (χ3v) is 5.71. The average Bonchev–Trinajstić information content (AvgIpc) is 3.01. The van der Waals surface area contributed by atoms with Gasteiger partial charge in [0.15, 0.2) is 6.10 Å². The lowest BCUT2D eigenvalue weighted by molar-refractivity contribution is -0.123. The first-order valence-electron chi connectivity index (χ1n) is 8.64. The van der Waals surface area contributed by atoms with Crippen LogP contribution in [0, 0.1) is 13.8 Å². The molecule has 132 valence electrons. The minimum Gasteiger partial charge on any atom is -0.448 e. The number of carbonyl (C=O) groups excluding carboxylic acids is 2. The Morgan fingerprint density at radius 2 is 1.92 bits per heavy atom. The van der Waals surface area contributed by atoms with E-state index in [1.165, 1.54) is 34.6 Å². The summed E-state index contributed by atoms with van der Waals surface area (Å²) in [5.74, 6) is -0.732. The number of fused-ring (bicyclic) bond motifs is 1. The molecule has 1 aliphatic rings. The maximum absolute atomic E-state index is 12.3.